The summed E-state index contributed by atoms with van der Waals surface area (Å²) in [6, 6.07) is 5.46. The van der Waals surface area contributed by atoms with Crippen LogP contribution in [0.25, 0.3) is 0 Å². The van der Waals surface area contributed by atoms with Gasteiger partial charge in [-0.25, -0.2) is 0 Å². The van der Waals surface area contributed by atoms with Gasteiger partial charge in [-0.1, -0.05) is 17.7 Å². The summed E-state index contributed by atoms with van der Waals surface area (Å²) in [5.74, 6) is 0.281. The number of amides is 2. The van der Waals surface area contributed by atoms with Crippen molar-refractivity contribution in [3.05, 3.63) is 34.3 Å². The number of aryl methyl sites for hydroxylation is 1. The molecule has 1 aromatic rings. The fraction of sp³-hybridized carbons (Fsp3) is 0.600. The Balaban J connectivity index is 1.64. The molecule has 2 aliphatic heterocycles. The van der Waals surface area contributed by atoms with Gasteiger partial charge in [-0.05, 0) is 49.3 Å². The molecule has 2 saturated heterocycles. The number of benzene rings is 1. The molecule has 26 heavy (non-hydrogen) atoms. The Bertz CT molecular complexity index is 684. The molecule has 0 bridgehead atoms. The van der Waals surface area contributed by atoms with Crippen LogP contribution in [0.1, 0.15) is 41.6 Å². The fourth-order valence-electron chi connectivity index (χ4n) is 4.09. The van der Waals surface area contributed by atoms with Gasteiger partial charge in [0.1, 0.15) is 0 Å². The van der Waals surface area contributed by atoms with Gasteiger partial charge in [-0.15, -0.1) is 0 Å². The highest BCUT2D eigenvalue weighted by molar-refractivity contribution is 6.31. The Labute approximate surface area is 160 Å². The van der Waals surface area contributed by atoms with E-state index in [9.17, 15) is 9.59 Å². The van der Waals surface area contributed by atoms with Crippen LogP contribution in [0.15, 0.2) is 18.2 Å². The topological polar surface area (TPSA) is 49.9 Å². The van der Waals surface area contributed by atoms with E-state index >= 15 is 0 Å². The molecule has 0 aliphatic carbocycles. The number of methoxy groups -OCH3 is 1. The number of nitrogens with zero attached hydrogens (tertiary/aromatic N) is 2. The van der Waals surface area contributed by atoms with E-state index in [1.165, 1.54) is 0 Å². The molecule has 0 atom stereocenters. The summed E-state index contributed by atoms with van der Waals surface area (Å²) in [4.78, 5) is 28.9. The van der Waals surface area contributed by atoms with Gasteiger partial charge in [0.25, 0.3) is 5.91 Å². The van der Waals surface area contributed by atoms with Crippen LogP contribution in [0.3, 0.4) is 0 Å². The van der Waals surface area contributed by atoms with E-state index in [-0.39, 0.29) is 17.2 Å². The monoisotopic (exact) mass is 378 g/mol. The van der Waals surface area contributed by atoms with E-state index in [1.807, 2.05) is 28.9 Å². The number of carbonyl (C=O) groups excluding carboxylic acids is 2. The Kier molecular flexibility index (Phi) is 5.88. The maximum absolute atomic E-state index is 12.9. The van der Waals surface area contributed by atoms with Crippen molar-refractivity contribution in [2.75, 3.05) is 39.9 Å². The van der Waals surface area contributed by atoms with Gasteiger partial charge >= 0.3 is 0 Å². The molecule has 0 N–H and O–H groups in total. The number of likely N-dealkylation sites (tertiary alicyclic amines) is 2. The second kappa shape index (κ2) is 7.97. The molecule has 2 amide bonds. The first-order valence-electron chi connectivity index (χ1n) is 9.26. The fourth-order valence-corrected chi connectivity index (χ4v) is 4.27. The van der Waals surface area contributed by atoms with Gasteiger partial charge in [0.05, 0.1) is 6.61 Å². The van der Waals surface area contributed by atoms with Crippen molar-refractivity contribution in [1.29, 1.82) is 0 Å². The Morgan fingerprint density at radius 1 is 1.27 bits per heavy atom. The van der Waals surface area contributed by atoms with Crippen molar-refractivity contribution in [3.63, 3.8) is 0 Å². The maximum Gasteiger partial charge on any atom is 0.254 e. The van der Waals surface area contributed by atoms with Crippen molar-refractivity contribution < 1.29 is 14.3 Å². The Morgan fingerprint density at radius 3 is 2.69 bits per heavy atom. The molecule has 2 heterocycles. The summed E-state index contributed by atoms with van der Waals surface area (Å²) >= 11 is 6.07. The summed E-state index contributed by atoms with van der Waals surface area (Å²) in [6.45, 7) is 5.42. The van der Waals surface area contributed by atoms with Crippen LogP contribution in [0.2, 0.25) is 5.02 Å². The van der Waals surface area contributed by atoms with E-state index < -0.39 is 0 Å². The van der Waals surface area contributed by atoms with Crippen LogP contribution < -0.4 is 0 Å². The van der Waals surface area contributed by atoms with Crippen molar-refractivity contribution in [1.82, 2.24) is 9.80 Å². The number of piperidine rings is 2. The molecule has 2 aliphatic rings. The average molecular weight is 379 g/mol. The van der Waals surface area contributed by atoms with Crippen LogP contribution in [0.4, 0.5) is 0 Å². The highest BCUT2D eigenvalue weighted by Crippen LogP contribution is 2.40. The van der Waals surface area contributed by atoms with Crippen LogP contribution in [0.5, 0.6) is 0 Å². The number of halogens is 1. The Morgan fingerprint density at radius 2 is 2.00 bits per heavy atom. The third kappa shape index (κ3) is 4.04. The molecule has 0 aromatic heterocycles. The number of hydrogen-bond acceptors (Lipinski definition) is 3. The SMILES string of the molecule is COCCN1CC2(CCC1=O)CCN(C(=O)c1cc(Cl)ccc1C)CC2. The first kappa shape index (κ1) is 19.2. The van der Waals surface area contributed by atoms with Crippen LogP contribution in [-0.2, 0) is 9.53 Å². The molecular formula is C20H27ClN2O3. The van der Waals surface area contributed by atoms with Gasteiger partial charge in [-0.3, -0.25) is 9.59 Å². The lowest BCUT2D eigenvalue weighted by Gasteiger charge is -2.47. The van der Waals surface area contributed by atoms with E-state index in [2.05, 4.69) is 0 Å². The van der Waals surface area contributed by atoms with Crippen molar-refractivity contribution in [2.24, 2.45) is 5.41 Å². The predicted octanol–water partition coefficient (Wildman–Crippen LogP) is 3.14. The largest absolute Gasteiger partial charge is 0.383 e. The zero-order valence-corrected chi connectivity index (χ0v) is 16.3. The lowest BCUT2D eigenvalue weighted by atomic mass is 9.72. The molecule has 142 valence electrons. The highest BCUT2D eigenvalue weighted by Gasteiger charge is 2.41. The van der Waals surface area contributed by atoms with Crippen molar-refractivity contribution in [3.8, 4) is 0 Å². The first-order chi connectivity index (χ1) is 12.4. The molecule has 6 heteroatoms. The summed E-state index contributed by atoms with van der Waals surface area (Å²) < 4.78 is 5.13. The quantitative estimate of drug-likeness (QED) is 0.808. The summed E-state index contributed by atoms with van der Waals surface area (Å²) in [5.41, 5.74) is 1.78. The lowest BCUT2D eigenvalue weighted by Crippen LogP contribution is -2.53. The number of carbonyl (C=O) groups is 2. The molecule has 0 unspecified atom stereocenters. The summed E-state index contributed by atoms with van der Waals surface area (Å²) in [5, 5.41) is 0.590. The van der Waals surface area contributed by atoms with E-state index in [1.54, 1.807) is 13.2 Å². The second-order valence-electron chi connectivity index (χ2n) is 7.56. The van der Waals surface area contributed by atoms with Crippen LogP contribution >= 0.6 is 11.6 Å². The smallest absolute Gasteiger partial charge is 0.254 e. The minimum atomic E-state index is 0.0583. The first-order valence-corrected chi connectivity index (χ1v) is 9.64. The molecule has 1 spiro atoms. The molecule has 0 radical (unpaired) electrons. The zero-order valence-electron chi connectivity index (χ0n) is 15.6. The van der Waals surface area contributed by atoms with Gasteiger partial charge in [0, 0.05) is 50.3 Å². The van der Waals surface area contributed by atoms with E-state index in [0.29, 0.717) is 30.2 Å². The minimum absolute atomic E-state index is 0.0583. The molecule has 3 rings (SSSR count). The Hall–Kier alpha value is -1.59. The van der Waals surface area contributed by atoms with Gasteiger partial charge in [0.15, 0.2) is 0 Å². The van der Waals surface area contributed by atoms with Crippen LogP contribution in [-0.4, -0.2) is 61.5 Å². The van der Waals surface area contributed by atoms with Crippen molar-refractivity contribution in [2.45, 2.75) is 32.6 Å². The molecule has 5 nitrogen and oxygen atoms in total. The maximum atomic E-state index is 12.9. The number of hydrogen-bond donors (Lipinski definition) is 0. The molecule has 1 aromatic carbocycles. The zero-order chi connectivity index (χ0) is 18.7. The summed E-state index contributed by atoms with van der Waals surface area (Å²) in [7, 11) is 1.66. The van der Waals surface area contributed by atoms with E-state index in [4.69, 9.17) is 16.3 Å². The van der Waals surface area contributed by atoms with E-state index in [0.717, 1.165) is 44.5 Å². The van der Waals surface area contributed by atoms with Gasteiger partial charge in [-0.2, -0.15) is 0 Å². The molecular weight excluding hydrogens is 352 g/mol. The van der Waals surface area contributed by atoms with Crippen LogP contribution in [0, 0.1) is 12.3 Å². The number of ether oxygens (including phenoxy) is 1. The predicted molar refractivity (Wildman–Crippen MR) is 101 cm³/mol. The van der Waals surface area contributed by atoms with Gasteiger partial charge in [0.2, 0.25) is 5.91 Å². The third-order valence-electron chi connectivity index (χ3n) is 5.85. The standard InChI is InChI=1S/C20H27ClN2O3/c1-15-3-4-16(21)13-17(15)19(25)22-9-7-20(8-10-22)6-5-18(24)23(14-20)11-12-26-2/h3-4,13H,5-12,14H2,1-2H3. The second-order valence-corrected chi connectivity index (χ2v) is 8.00. The van der Waals surface area contributed by atoms with Gasteiger partial charge < -0.3 is 14.5 Å². The number of rotatable bonds is 4. The minimum Gasteiger partial charge on any atom is -0.383 e. The normalized spacial score (nSPS) is 19.9. The third-order valence-corrected chi connectivity index (χ3v) is 6.09. The highest BCUT2D eigenvalue weighted by atomic mass is 35.5. The molecule has 0 saturated carbocycles. The average Bonchev–Trinajstić information content (AvgIpc) is 2.65. The molecule has 2 fully saturated rings. The summed E-state index contributed by atoms with van der Waals surface area (Å²) in [6.07, 6.45) is 3.41. The lowest BCUT2D eigenvalue weighted by molar-refractivity contribution is -0.139. The van der Waals surface area contributed by atoms with Crippen molar-refractivity contribution >= 4 is 23.4 Å².